The van der Waals surface area contributed by atoms with Crippen molar-refractivity contribution in [2.75, 3.05) is 6.61 Å². The largest absolute Gasteiger partial charge is 0.493 e. The van der Waals surface area contributed by atoms with E-state index in [1.54, 1.807) is 0 Å². The lowest BCUT2D eigenvalue weighted by Gasteiger charge is -2.07. The summed E-state index contributed by atoms with van der Waals surface area (Å²) in [6.07, 6.45) is 1.90. The van der Waals surface area contributed by atoms with Gasteiger partial charge in [0.05, 0.1) is 18.2 Å². The number of benzene rings is 2. The molecule has 0 amide bonds. The number of aryl methyl sites for hydroxylation is 1. The Balaban J connectivity index is 1.83. The first-order valence-corrected chi connectivity index (χ1v) is 6.52. The normalized spacial score (nSPS) is 9.89. The van der Waals surface area contributed by atoms with E-state index in [2.05, 4.69) is 25.1 Å². The van der Waals surface area contributed by atoms with Gasteiger partial charge in [-0.3, -0.25) is 0 Å². The second-order valence-corrected chi connectivity index (χ2v) is 4.40. The Kier molecular flexibility index (Phi) is 4.58. The molecule has 0 bridgehead atoms. The van der Waals surface area contributed by atoms with Gasteiger partial charge in [0.2, 0.25) is 0 Å². The molecule has 96 valence electrons. The number of ether oxygens (including phenoxy) is 1. The van der Waals surface area contributed by atoms with Crippen LogP contribution in [-0.4, -0.2) is 6.61 Å². The molecule has 0 saturated heterocycles. The van der Waals surface area contributed by atoms with Crippen LogP contribution in [0.25, 0.3) is 0 Å². The zero-order chi connectivity index (χ0) is 13.5. The molecule has 0 aliphatic rings. The highest BCUT2D eigenvalue weighted by Crippen LogP contribution is 2.13. The molecule has 0 aromatic heterocycles. The van der Waals surface area contributed by atoms with E-state index in [1.807, 2.05) is 36.4 Å². The van der Waals surface area contributed by atoms with Gasteiger partial charge in [-0.1, -0.05) is 31.2 Å². The van der Waals surface area contributed by atoms with Crippen molar-refractivity contribution in [3.8, 4) is 11.8 Å². The highest BCUT2D eigenvalue weighted by molar-refractivity contribution is 5.32. The molecule has 0 spiro atoms. The summed E-state index contributed by atoms with van der Waals surface area (Å²) in [7, 11) is 0. The second-order valence-electron chi connectivity index (χ2n) is 4.40. The summed E-state index contributed by atoms with van der Waals surface area (Å²) < 4.78 is 5.70. The number of nitrogens with zero attached hydrogens (tertiary/aromatic N) is 1. The zero-order valence-corrected chi connectivity index (χ0v) is 11.1. The lowest BCUT2D eigenvalue weighted by molar-refractivity contribution is 0.322. The Morgan fingerprint density at radius 2 is 1.58 bits per heavy atom. The van der Waals surface area contributed by atoms with Crippen LogP contribution in [0.1, 0.15) is 23.6 Å². The molecule has 0 fully saturated rings. The van der Waals surface area contributed by atoms with Crippen LogP contribution < -0.4 is 4.74 Å². The lowest BCUT2D eigenvalue weighted by atomic mass is 10.1. The Morgan fingerprint density at radius 3 is 2.16 bits per heavy atom. The summed E-state index contributed by atoms with van der Waals surface area (Å²) in [4.78, 5) is 0. The molecule has 2 nitrogen and oxygen atoms in total. The van der Waals surface area contributed by atoms with Crippen molar-refractivity contribution < 1.29 is 4.74 Å². The van der Waals surface area contributed by atoms with Gasteiger partial charge in [0, 0.05) is 6.42 Å². The van der Waals surface area contributed by atoms with Gasteiger partial charge in [-0.2, -0.15) is 5.26 Å². The van der Waals surface area contributed by atoms with Gasteiger partial charge >= 0.3 is 0 Å². The van der Waals surface area contributed by atoms with Gasteiger partial charge < -0.3 is 4.74 Å². The highest BCUT2D eigenvalue weighted by atomic mass is 16.5. The van der Waals surface area contributed by atoms with Crippen LogP contribution in [0.15, 0.2) is 48.5 Å². The third kappa shape index (κ3) is 3.86. The number of rotatable bonds is 5. The second kappa shape index (κ2) is 6.61. The number of nitriles is 1. The molecule has 0 heterocycles. The van der Waals surface area contributed by atoms with Crippen molar-refractivity contribution in [2.45, 2.75) is 19.8 Å². The van der Waals surface area contributed by atoms with E-state index in [1.165, 1.54) is 11.1 Å². The number of hydrogen-bond donors (Lipinski definition) is 0. The minimum Gasteiger partial charge on any atom is -0.493 e. The van der Waals surface area contributed by atoms with Crippen molar-refractivity contribution in [2.24, 2.45) is 0 Å². The topological polar surface area (TPSA) is 33.0 Å². The third-order valence-electron chi connectivity index (χ3n) is 3.07. The van der Waals surface area contributed by atoms with E-state index < -0.39 is 0 Å². The van der Waals surface area contributed by atoms with E-state index in [4.69, 9.17) is 10.00 Å². The van der Waals surface area contributed by atoms with Crippen LogP contribution in [0, 0.1) is 11.3 Å². The Morgan fingerprint density at radius 1 is 0.947 bits per heavy atom. The molecule has 0 atom stereocenters. The highest BCUT2D eigenvalue weighted by Gasteiger charge is 1.97. The molecular formula is C17H17NO. The average Bonchev–Trinajstić information content (AvgIpc) is 2.49. The van der Waals surface area contributed by atoms with Crippen molar-refractivity contribution in [3.05, 3.63) is 65.2 Å². The summed E-state index contributed by atoms with van der Waals surface area (Å²) >= 11 is 0. The summed E-state index contributed by atoms with van der Waals surface area (Å²) in [6.45, 7) is 2.79. The maximum atomic E-state index is 8.72. The minimum absolute atomic E-state index is 0.650. The van der Waals surface area contributed by atoms with Crippen LogP contribution in [0.4, 0.5) is 0 Å². The number of hydrogen-bond acceptors (Lipinski definition) is 2. The fourth-order valence-corrected chi connectivity index (χ4v) is 1.85. The molecule has 2 aromatic rings. The molecule has 0 N–H and O–H groups in total. The van der Waals surface area contributed by atoms with Crippen LogP contribution in [0.5, 0.6) is 5.75 Å². The minimum atomic E-state index is 0.650. The van der Waals surface area contributed by atoms with Gasteiger partial charge in [-0.05, 0) is 41.8 Å². The molecule has 19 heavy (non-hydrogen) atoms. The molecule has 0 aliphatic heterocycles. The van der Waals surface area contributed by atoms with Crippen LogP contribution in [0.2, 0.25) is 0 Å². The first-order valence-electron chi connectivity index (χ1n) is 6.52. The molecule has 2 rings (SSSR count). The SMILES string of the molecule is CCc1ccc(OCCc2ccc(C#N)cc2)cc1. The molecule has 0 saturated carbocycles. The lowest BCUT2D eigenvalue weighted by Crippen LogP contribution is -2.01. The van der Waals surface area contributed by atoms with E-state index in [0.29, 0.717) is 12.2 Å². The van der Waals surface area contributed by atoms with Crippen molar-refractivity contribution >= 4 is 0 Å². The molecular weight excluding hydrogens is 234 g/mol. The predicted octanol–water partition coefficient (Wildman–Crippen LogP) is 3.74. The summed E-state index contributed by atoms with van der Waals surface area (Å²) in [6, 6.07) is 18.0. The molecule has 0 aliphatic carbocycles. The molecule has 0 unspecified atom stereocenters. The van der Waals surface area contributed by atoms with E-state index in [-0.39, 0.29) is 0 Å². The third-order valence-corrected chi connectivity index (χ3v) is 3.07. The van der Waals surface area contributed by atoms with Gasteiger partial charge in [-0.15, -0.1) is 0 Å². The van der Waals surface area contributed by atoms with Crippen molar-refractivity contribution in [3.63, 3.8) is 0 Å². The van der Waals surface area contributed by atoms with E-state index in [9.17, 15) is 0 Å². The summed E-state index contributed by atoms with van der Waals surface area (Å²) in [5.41, 5.74) is 3.20. The fourth-order valence-electron chi connectivity index (χ4n) is 1.85. The predicted molar refractivity (Wildman–Crippen MR) is 76.2 cm³/mol. The quantitative estimate of drug-likeness (QED) is 0.811. The molecule has 0 radical (unpaired) electrons. The first kappa shape index (κ1) is 13.2. The Bertz CT molecular complexity index is 549. The maximum Gasteiger partial charge on any atom is 0.119 e. The first-order chi connectivity index (χ1) is 9.31. The van der Waals surface area contributed by atoms with Crippen LogP contribution in [-0.2, 0) is 12.8 Å². The summed E-state index contributed by atoms with van der Waals surface area (Å²) in [5.74, 6) is 0.908. The van der Waals surface area contributed by atoms with Crippen molar-refractivity contribution in [1.29, 1.82) is 5.26 Å². The van der Waals surface area contributed by atoms with Crippen LogP contribution >= 0.6 is 0 Å². The smallest absolute Gasteiger partial charge is 0.119 e. The summed E-state index contributed by atoms with van der Waals surface area (Å²) in [5, 5.41) is 8.72. The van der Waals surface area contributed by atoms with Crippen LogP contribution in [0.3, 0.4) is 0 Å². The van der Waals surface area contributed by atoms with Gasteiger partial charge in [0.1, 0.15) is 5.75 Å². The Labute approximate surface area is 114 Å². The fraction of sp³-hybridized carbons (Fsp3) is 0.235. The Hall–Kier alpha value is -2.27. The van der Waals surface area contributed by atoms with Gasteiger partial charge in [0.15, 0.2) is 0 Å². The van der Waals surface area contributed by atoms with E-state index >= 15 is 0 Å². The van der Waals surface area contributed by atoms with Crippen molar-refractivity contribution in [1.82, 2.24) is 0 Å². The van der Waals surface area contributed by atoms with E-state index in [0.717, 1.165) is 18.6 Å². The molecule has 2 heteroatoms. The standard InChI is InChI=1S/C17H17NO/c1-2-14-7-9-17(10-8-14)19-12-11-15-3-5-16(13-18)6-4-15/h3-10H,2,11-12H2,1H3. The monoisotopic (exact) mass is 251 g/mol. The van der Waals surface area contributed by atoms with Gasteiger partial charge in [0.25, 0.3) is 0 Å². The average molecular weight is 251 g/mol. The van der Waals surface area contributed by atoms with Gasteiger partial charge in [-0.25, -0.2) is 0 Å². The zero-order valence-electron chi connectivity index (χ0n) is 11.1. The molecule has 2 aromatic carbocycles. The maximum absolute atomic E-state index is 8.72.